The number of hydrogen-bond donors (Lipinski definition) is 0. The average Bonchev–Trinajstić information content (AvgIpc) is 2.97. The smallest absolute Gasteiger partial charge is 0.265 e. The molecule has 180 valence electrons. The maximum absolute atomic E-state index is 13.6. The molecule has 0 fully saturated rings. The van der Waals surface area contributed by atoms with Gasteiger partial charge >= 0.3 is 0 Å². The maximum Gasteiger partial charge on any atom is 0.265 e. The molecule has 0 bridgehead atoms. The van der Waals surface area contributed by atoms with Crippen molar-refractivity contribution in [3.05, 3.63) is 131 Å². The fourth-order valence-electron chi connectivity index (χ4n) is 5.35. The van der Waals surface area contributed by atoms with Crippen LogP contribution < -0.4 is 4.90 Å². The summed E-state index contributed by atoms with van der Waals surface area (Å²) in [6, 6.07) is 32.7. The molecule has 0 radical (unpaired) electrons. The lowest BCUT2D eigenvalue weighted by atomic mass is 9.85. The summed E-state index contributed by atoms with van der Waals surface area (Å²) in [6.07, 6.45) is 10.1. The van der Waals surface area contributed by atoms with Crippen LogP contribution in [0.4, 0.5) is 5.69 Å². The van der Waals surface area contributed by atoms with Gasteiger partial charge in [-0.25, -0.2) is 4.90 Å². The monoisotopic (exact) mass is 489 g/mol. The topological polar surface area (TPSA) is 37.4 Å². The molecule has 1 heterocycles. The third kappa shape index (κ3) is 3.55. The number of allylic oxidation sites excluding steroid dienone is 1. The molecule has 0 atom stereocenters. The summed E-state index contributed by atoms with van der Waals surface area (Å²) in [5.74, 6) is 2.27. The molecule has 38 heavy (non-hydrogen) atoms. The number of terminal acetylenes is 1. The van der Waals surface area contributed by atoms with Gasteiger partial charge in [0.05, 0.1) is 5.69 Å². The first kappa shape index (κ1) is 23.2. The van der Waals surface area contributed by atoms with Crippen molar-refractivity contribution < 1.29 is 9.59 Å². The molecule has 0 saturated carbocycles. The highest BCUT2D eigenvalue weighted by molar-refractivity contribution is 6.36. The van der Waals surface area contributed by atoms with Crippen LogP contribution in [-0.2, 0) is 0 Å². The van der Waals surface area contributed by atoms with Crippen molar-refractivity contribution in [2.45, 2.75) is 6.92 Å². The summed E-state index contributed by atoms with van der Waals surface area (Å²) < 4.78 is 0. The normalized spacial score (nSPS) is 12.8. The van der Waals surface area contributed by atoms with Crippen molar-refractivity contribution in [1.29, 1.82) is 0 Å². The van der Waals surface area contributed by atoms with Gasteiger partial charge in [-0.05, 0) is 64.4 Å². The largest absolute Gasteiger partial charge is 0.268 e. The van der Waals surface area contributed by atoms with Crippen LogP contribution in [0.1, 0.15) is 38.8 Å². The fourth-order valence-corrected chi connectivity index (χ4v) is 5.35. The Kier molecular flexibility index (Phi) is 5.71. The Bertz CT molecular complexity index is 1790. The number of rotatable bonds is 4. The van der Waals surface area contributed by atoms with E-state index in [1.807, 2.05) is 91.9 Å². The molecular formula is C35H23NO2. The van der Waals surface area contributed by atoms with E-state index in [2.05, 4.69) is 18.1 Å². The SMILES string of the molecule is C#Cc1c(-c2ccccc2)ccc(-c2ccc3c4c(cccc24)C(=O)N(c2ccccc2)C3=O)c1/C=C\C. The second kappa shape index (κ2) is 9.35. The van der Waals surface area contributed by atoms with Crippen molar-refractivity contribution >= 4 is 34.4 Å². The first-order valence-corrected chi connectivity index (χ1v) is 12.5. The fraction of sp³-hybridized carbons (Fsp3) is 0.0286. The molecule has 0 aliphatic carbocycles. The number of carbonyl (C=O) groups is 2. The van der Waals surface area contributed by atoms with Gasteiger partial charge in [0.1, 0.15) is 0 Å². The summed E-state index contributed by atoms with van der Waals surface area (Å²) in [4.78, 5) is 28.5. The molecule has 0 N–H and O–H groups in total. The molecule has 1 aliphatic rings. The Morgan fingerprint density at radius 3 is 1.95 bits per heavy atom. The molecule has 0 unspecified atom stereocenters. The van der Waals surface area contributed by atoms with E-state index in [1.165, 1.54) is 4.90 Å². The zero-order valence-corrected chi connectivity index (χ0v) is 20.8. The minimum absolute atomic E-state index is 0.325. The predicted molar refractivity (Wildman–Crippen MR) is 155 cm³/mol. The highest BCUT2D eigenvalue weighted by atomic mass is 16.2. The first-order valence-electron chi connectivity index (χ1n) is 12.5. The number of amides is 2. The van der Waals surface area contributed by atoms with Gasteiger partial charge in [-0.1, -0.05) is 96.9 Å². The van der Waals surface area contributed by atoms with E-state index < -0.39 is 0 Å². The molecule has 0 saturated heterocycles. The van der Waals surface area contributed by atoms with Crippen molar-refractivity contribution in [3.63, 3.8) is 0 Å². The second-order valence-corrected chi connectivity index (χ2v) is 9.13. The van der Waals surface area contributed by atoms with Gasteiger partial charge in [-0.2, -0.15) is 0 Å². The van der Waals surface area contributed by atoms with E-state index in [0.29, 0.717) is 22.2 Å². The molecule has 1 aliphatic heterocycles. The molecule has 5 aromatic rings. The standard InChI is InChI=1S/C35H23NO2/c1-3-12-27-25(4-2)26(23-13-7-5-8-14-23)19-20-28(27)29-21-22-32-33-30(29)17-11-18-31(33)34(37)36(35(32)38)24-15-9-6-10-16-24/h2-3,5-22H,1H3/b12-3-. The summed E-state index contributed by atoms with van der Waals surface area (Å²) in [5.41, 5.74) is 7.20. The minimum atomic E-state index is -0.325. The maximum atomic E-state index is 13.6. The van der Waals surface area contributed by atoms with E-state index in [1.54, 1.807) is 18.2 Å². The number of hydrogen-bond acceptors (Lipinski definition) is 2. The van der Waals surface area contributed by atoms with Crippen LogP contribution in [0, 0.1) is 12.3 Å². The van der Waals surface area contributed by atoms with E-state index in [9.17, 15) is 9.59 Å². The minimum Gasteiger partial charge on any atom is -0.268 e. The predicted octanol–water partition coefficient (Wildman–Crippen LogP) is 7.99. The number of para-hydroxylation sites is 1. The molecule has 5 aromatic carbocycles. The molecule has 3 heteroatoms. The van der Waals surface area contributed by atoms with Crippen molar-refractivity contribution in [2.75, 3.05) is 4.90 Å². The van der Waals surface area contributed by atoms with Crippen LogP contribution in [0.15, 0.2) is 109 Å². The molecule has 2 amide bonds. The van der Waals surface area contributed by atoms with Crippen LogP contribution in [0.2, 0.25) is 0 Å². The van der Waals surface area contributed by atoms with E-state index >= 15 is 0 Å². The van der Waals surface area contributed by atoms with Gasteiger partial charge < -0.3 is 0 Å². The quantitative estimate of drug-likeness (QED) is 0.190. The lowest BCUT2D eigenvalue weighted by Gasteiger charge is -2.28. The average molecular weight is 490 g/mol. The first-order chi connectivity index (χ1) is 18.6. The van der Waals surface area contributed by atoms with Crippen molar-refractivity contribution in [2.24, 2.45) is 0 Å². The highest BCUT2D eigenvalue weighted by Gasteiger charge is 2.34. The number of benzene rings is 5. The lowest BCUT2D eigenvalue weighted by molar-refractivity contribution is 0.0893. The van der Waals surface area contributed by atoms with Gasteiger partial charge in [-0.3, -0.25) is 9.59 Å². The lowest BCUT2D eigenvalue weighted by Crippen LogP contribution is -2.40. The van der Waals surface area contributed by atoms with Gasteiger partial charge in [0.2, 0.25) is 0 Å². The van der Waals surface area contributed by atoms with Crippen LogP contribution in [0.25, 0.3) is 39.1 Å². The number of nitrogens with zero attached hydrogens (tertiary/aromatic N) is 1. The summed E-state index contributed by atoms with van der Waals surface area (Å²) >= 11 is 0. The van der Waals surface area contributed by atoms with E-state index in [-0.39, 0.29) is 11.8 Å². The number of imide groups is 1. The summed E-state index contributed by atoms with van der Waals surface area (Å²) in [5, 5.41) is 1.52. The van der Waals surface area contributed by atoms with Crippen LogP contribution >= 0.6 is 0 Å². The van der Waals surface area contributed by atoms with Crippen LogP contribution in [0.5, 0.6) is 0 Å². The molecule has 3 nitrogen and oxygen atoms in total. The van der Waals surface area contributed by atoms with Gasteiger partial charge in [0.25, 0.3) is 11.8 Å². The Hall–Kier alpha value is -5.20. The van der Waals surface area contributed by atoms with Gasteiger partial charge in [0.15, 0.2) is 0 Å². The van der Waals surface area contributed by atoms with Crippen molar-refractivity contribution in [1.82, 2.24) is 0 Å². The summed E-state index contributed by atoms with van der Waals surface area (Å²) in [7, 11) is 0. The third-order valence-corrected chi connectivity index (χ3v) is 7.02. The second-order valence-electron chi connectivity index (χ2n) is 9.13. The van der Waals surface area contributed by atoms with Crippen molar-refractivity contribution in [3.8, 4) is 34.6 Å². The zero-order chi connectivity index (χ0) is 26.2. The Morgan fingerprint density at radius 2 is 1.26 bits per heavy atom. The molecular weight excluding hydrogens is 466 g/mol. The molecule has 6 rings (SSSR count). The van der Waals surface area contributed by atoms with Gasteiger partial charge in [-0.15, -0.1) is 6.42 Å². The third-order valence-electron chi connectivity index (χ3n) is 7.02. The summed E-state index contributed by atoms with van der Waals surface area (Å²) in [6.45, 7) is 1.96. The number of anilines is 1. The molecule has 0 spiro atoms. The van der Waals surface area contributed by atoms with E-state index in [0.717, 1.165) is 38.8 Å². The van der Waals surface area contributed by atoms with E-state index in [4.69, 9.17) is 6.42 Å². The zero-order valence-electron chi connectivity index (χ0n) is 20.8. The Labute approximate surface area is 221 Å². The Balaban J connectivity index is 1.59. The Morgan fingerprint density at radius 1 is 0.658 bits per heavy atom. The van der Waals surface area contributed by atoms with Gasteiger partial charge in [0, 0.05) is 22.1 Å². The highest BCUT2D eigenvalue weighted by Crippen LogP contribution is 2.41. The van der Waals surface area contributed by atoms with Crippen LogP contribution in [-0.4, -0.2) is 11.8 Å². The van der Waals surface area contributed by atoms with Crippen LogP contribution in [0.3, 0.4) is 0 Å². The molecule has 0 aromatic heterocycles. The number of carbonyl (C=O) groups excluding carboxylic acids is 2.